The van der Waals surface area contributed by atoms with Gasteiger partial charge in [-0.2, -0.15) is 0 Å². The van der Waals surface area contributed by atoms with Crippen molar-refractivity contribution in [2.75, 3.05) is 0 Å². The first-order valence-corrected chi connectivity index (χ1v) is 3.71. The van der Waals surface area contributed by atoms with Crippen LogP contribution in [0.4, 0.5) is 0 Å². The summed E-state index contributed by atoms with van der Waals surface area (Å²) in [5.41, 5.74) is 2.34. The predicted octanol–water partition coefficient (Wildman–Crippen LogP) is 3.34. The molecule has 0 aliphatic carbocycles. The van der Waals surface area contributed by atoms with Crippen LogP contribution in [-0.4, -0.2) is 0 Å². The molecule has 0 aromatic carbocycles. The molecule has 0 unspecified atom stereocenters. The zero-order valence-electron chi connectivity index (χ0n) is 5.98. The average molecular weight is 140 g/mol. The number of thioether (sulfide) groups is 1. The van der Waals surface area contributed by atoms with E-state index in [9.17, 15) is 0 Å². The fourth-order valence-corrected chi connectivity index (χ4v) is 0.752. The van der Waals surface area contributed by atoms with Gasteiger partial charge in [0.15, 0.2) is 0 Å². The van der Waals surface area contributed by atoms with Crippen molar-refractivity contribution in [1.82, 2.24) is 0 Å². The van der Waals surface area contributed by atoms with Crippen LogP contribution in [0.5, 0.6) is 0 Å². The van der Waals surface area contributed by atoms with Crippen molar-refractivity contribution in [1.29, 1.82) is 0 Å². The molecule has 0 amide bonds. The number of hydrogen-bond acceptors (Lipinski definition) is 1. The van der Waals surface area contributed by atoms with E-state index in [-0.39, 0.29) is 0 Å². The van der Waals surface area contributed by atoms with Crippen LogP contribution in [0, 0.1) is 0 Å². The zero-order chi connectivity index (χ0) is 7.28. The molecule has 1 heteroatoms. The number of allylic oxidation sites excluding steroid dienone is 2. The summed E-state index contributed by atoms with van der Waals surface area (Å²) in [7, 11) is 0. The Balaban J connectivity index is 3.83. The van der Waals surface area contributed by atoms with Gasteiger partial charge < -0.3 is 0 Å². The molecule has 0 radical (unpaired) electrons. The molecule has 0 aliphatic heterocycles. The second kappa shape index (κ2) is 4.45. The lowest BCUT2D eigenvalue weighted by molar-refractivity contribution is 1.38. The van der Waals surface area contributed by atoms with E-state index in [4.69, 9.17) is 0 Å². The molecule has 0 fully saturated rings. The van der Waals surface area contributed by atoms with Gasteiger partial charge in [-0.25, -0.2) is 0 Å². The fourth-order valence-electron chi connectivity index (χ4n) is 0.251. The summed E-state index contributed by atoms with van der Waals surface area (Å²) >= 11 is 1.59. The summed E-state index contributed by atoms with van der Waals surface area (Å²) in [6, 6.07) is 0. The lowest BCUT2D eigenvalue weighted by atomic mass is 10.2. The Morgan fingerprint density at radius 1 is 1.44 bits per heavy atom. The van der Waals surface area contributed by atoms with Crippen molar-refractivity contribution in [3.63, 3.8) is 0 Å². The van der Waals surface area contributed by atoms with Crippen LogP contribution in [0.2, 0.25) is 0 Å². The summed E-state index contributed by atoms with van der Waals surface area (Å²) in [6.45, 7) is 11.4. The quantitative estimate of drug-likeness (QED) is 0.542. The Hall–Kier alpha value is -0.430. The van der Waals surface area contributed by atoms with E-state index in [2.05, 4.69) is 13.2 Å². The average Bonchev–Trinajstić information content (AvgIpc) is 1.82. The van der Waals surface area contributed by atoms with Gasteiger partial charge >= 0.3 is 0 Å². The van der Waals surface area contributed by atoms with Crippen LogP contribution in [0.3, 0.4) is 0 Å². The lowest BCUT2D eigenvalue weighted by Gasteiger charge is -1.94. The van der Waals surface area contributed by atoms with Crippen LogP contribution in [0.15, 0.2) is 35.1 Å². The Morgan fingerprint density at radius 2 is 2.00 bits per heavy atom. The van der Waals surface area contributed by atoms with E-state index in [1.54, 1.807) is 17.2 Å². The molecule has 0 rings (SSSR count). The Labute approximate surface area is 61.3 Å². The predicted molar refractivity (Wildman–Crippen MR) is 46.4 cm³/mol. The summed E-state index contributed by atoms with van der Waals surface area (Å²) in [5.74, 6) is 0. The fraction of sp³-hybridized carbons (Fsp3) is 0.250. The highest BCUT2D eigenvalue weighted by Crippen LogP contribution is 2.12. The molecular formula is C8H12S. The van der Waals surface area contributed by atoms with Crippen LogP contribution in [-0.2, 0) is 0 Å². The minimum atomic E-state index is 1.12. The lowest BCUT2D eigenvalue weighted by Crippen LogP contribution is -1.71. The smallest absolute Gasteiger partial charge is 0.0217 e. The maximum Gasteiger partial charge on any atom is -0.0217 e. The second-order valence-corrected chi connectivity index (χ2v) is 2.73. The van der Waals surface area contributed by atoms with E-state index >= 15 is 0 Å². The van der Waals surface area contributed by atoms with Crippen molar-refractivity contribution >= 4 is 11.8 Å². The maximum atomic E-state index is 3.79. The molecule has 0 saturated carbocycles. The molecule has 0 bridgehead atoms. The zero-order valence-corrected chi connectivity index (χ0v) is 6.79. The van der Waals surface area contributed by atoms with Crippen molar-refractivity contribution in [2.45, 2.75) is 13.8 Å². The summed E-state index contributed by atoms with van der Waals surface area (Å²) in [6.07, 6.45) is 0. The van der Waals surface area contributed by atoms with Gasteiger partial charge in [0.25, 0.3) is 0 Å². The molecule has 0 heterocycles. The highest BCUT2D eigenvalue weighted by atomic mass is 32.2. The molecule has 0 aromatic heterocycles. The molecule has 0 nitrogen and oxygen atoms in total. The van der Waals surface area contributed by atoms with E-state index in [1.165, 1.54) is 5.57 Å². The number of hydrogen-bond donors (Lipinski definition) is 0. The third-order valence-electron chi connectivity index (χ3n) is 1.01. The summed E-state index contributed by atoms with van der Waals surface area (Å²) < 4.78 is 0. The van der Waals surface area contributed by atoms with E-state index < -0.39 is 0 Å². The Bertz CT molecular complexity index is 143. The third kappa shape index (κ3) is 4.10. The molecule has 0 atom stereocenters. The molecule has 50 valence electrons. The highest BCUT2D eigenvalue weighted by molar-refractivity contribution is 8.04. The molecule has 0 N–H and O–H groups in total. The molecular weight excluding hydrogens is 128 g/mol. The van der Waals surface area contributed by atoms with Crippen molar-refractivity contribution < 1.29 is 0 Å². The van der Waals surface area contributed by atoms with E-state index in [1.807, 2.05) is 19.3 Å². The Morgan fingerprint density at radius 3 is 2.33 bits per heavy atom. The first-order valence-electron chi connectivity index (χ1n) is 2.77. The summed E-state index contributed by atoms with van der Waals surface area (Å²) in [5, 5.41) is 3.84. The maximum absolute atomic E-state index is 3.79. The first-order chi connectivity index (χ1) is 4.18. The van der Waals surface area contributed by atoms with Gasteiger partial charge in [0.05, 0.1) is 0 Å². The molecule has 0 spiro atoms. The van der Waals surface area contributed by atoms with Crippen LogP contribution in [0.1, 0.15) is 13.8 Å². The van der Waals surface area contributed by atoms with Crippen LogP contribution >= 0.6 is 11.8 Å². The van der Waals surface area contributed by atoms with Crippen molar-refractivity contribution in [2.24, 2.45) is 0 Å². The molecule has 0 aliphatic rings. The van der Waals surface area contributed by atoms with Gasteiger partial charge in [-0.3, -0.25) is 0 Å². The highest BCUT2D eigenvalue weighted by Gasteiger charge is 1.85. The van der Waals surface area contributed by atoms with E-state index in [0.717, 1.165) is 5.57 Å². The van der Waals surface area contributed by atoms with E-state index in [0.29, 0.717) is 0 Å². The van der Waals surface area contributed by atoms with Crippen molar-refractivity contribution in [3.05, 3.63) is 35.1 Å². The largest absolute Gasteiger partial charge is 0.106 e. The van der Waals surface area contributed by atoms with Crippen LogP contribution in [0.25, 0.3) is 0 Å². The monoisotopic (exact) mass is 140 g/mol. The normalized spacial score (nSPS) is 11.1. The Kier molecular flexibility index (Phi) is 4.24. The van der Waals surface area contributed by atoms with Gasteiger partial charge in [-0.1, -0.05) is 18.7 Å². The second-order valence-electron chi connectivity index (χ2n) is 1.88. The van der Waals surface area contributed by atoms with Gasteiger partial charge in [-0.15, -0.1) is 11.8 Å². The first kappa shape index (κ1) is 8.57. The molecule has 9 heavy (non-hydrogen) atoms. The molecule has 0 saturated heterocycles. The SMILES string of the molecule is C=CS/C=C(\C)C(=C)C. The van der Waals surface area contributed by atoms with Gasteiger partial charge in [-0.05, 0) is 30.2 Å². The minimum Gasteiger partial charge on any atom is -0.106 e. The standard InChI is InChI=1S/C8H12S/c1-5-9-6-8(4)7(2)3/h5-6H,1-2H2,3-4H3/b8-6+. The third-order valence-corrected chi connectivity index (χ3v) is 1.70. The molecule has 0 aromatic rings. The van der Waals surface area contributed by atoms with Crippen LogP contribution < -0.4 is 0 Å². The van der Waals surface area contributed by atoms with Gasteiger partial charge in [0, 0.05) is 0 Å². The topological polar surface area (TPSA) is 0 Å². The van der Waals surface area contributed by atoms with Gasteiger partial charge in [0.1, 0.15) is 0 Å². The van der Waals surface area contributed by atoms with Crippen molar-refractivity contribution in [3.8, 4) is 0 Å². The van der Waals surface area contributed by atoms with Gasteiger partial charge in [0.2, 0.25) is 0 Å². The minimum absolute atomic E-state index is 1.12. The summed E-state index contributed by atoms with van der Waals surface area (Å²) in [4.78, 5) is 0. The number of rotatable bonds is 3.